The van der Waals surface area contributed by atoms with E-state index in [1.54, 1.807) is 16.6 Å². The first-order valence-electron chi connectivity index (χ1n) is 8.79. The molecule has 1 heterocycles. The Labute approximate surface area is 167 Å². The standard InChI is InChI=1S/C19H29N5O2.ClH/c1-13(2)26-16-9-7-15(8-10-16)24-14(3)17(21-22-24)18(25)23(6)12-19(4,5)11-20;/h7-10,13H,11-12,20H2,1-6H3;1H. The van der Waals surface area contributed by atoms with Crippen LogP contribution in [0.4, 0.5) is 0 Å². The van der Waals surface area contributed by atoms with Crippen molar-refractivity contribution < 1.29 is 9.53 Å². The van der Waals surface area contributed by atoms with Crippen molar-refractivity contribution in [3.63, 3.8) is 0 Å². The summed E-state index contributed by atoms with van der Waals surface area (Å²) in [5, 5.41) is 8.25. The SMILES string of the molecule is Cc1c(C(=O)N(C)CC(C)(C)CN)nnn1-c1ccc(OC(C)C)cc1.Cl. The minimum Gasteiger partial charge on any atom is -0.491 e. The fourth-order valence-electron chi connectivity index (χ4n) is 2.67. The van der Waals surface area contributed by atoms with Gasteiger partial charge < -0.3 is 15.4 Å². The molecule has 0 fully saturated rings. The minimum absolute atomic E-state index is 0. The third-order valence-electron chi connectivity index (χ3n) is 4.11. The van der Waals surface area contributed by atoms with Crippen LogP contribution < -0.4 is 10.5 Å². The van der Waals surface area contributed by atoms with Gasteiger partial charge in [0.05, 0.1) is 17.5 Å². The third-order valence-corrected chi connectivity index (χ3v) is 4.11. The number of carbonyl (C=O) groups excluding carboxylic acids is 1. The fourth-order valence-corrected chi connectivity index (χ4v) is 2.67. The van der Waals surface area contributed by atoms with Gasteiger partial charge in [-0.25, -0.2) is 4.68 Å². The van der Waals surface area contributed by atoms with E-state index in [1.165, 1.54) is 0 Å². The summed E-state index contributed by atoms with van der Waals surface area (Å²) in [6.45, 7) is 10.9. The molecule has 0 radical (unpaired) electrons. The minimum atomic E-state index is -0.157. The van der Waals surface area contributed by atoms with Gasteiger partial charge in [-0.15, -0.1) is 17.5 Å². The van der Waals surface area contributed by atoms with Crippen LogP contribution in [0, 0.1) is 12.3 Å². The summed E-state index contributed by atoms with van der Waals surface area (Å²) in [4.78, 5) is 14.4. The fraction of sp³-hybridized carbons (Fsp3) is 0.526. The van der Waals surface area contributed by atoms with Crippen molar-refractivity contribution in [2.24, 2.45) is 11.1 Å². The van der Waals surface area contributed by atoms with E-state index in [0.717, 1.165) is 11.4 Å². The highest BCUT2D eigenvalue weighted by molar-refractivity contribution is 5.93. The van der Waals surface area contributed by atoms with Crippen LogP contribution in [-0.2, 0) is 0 Å². The summed E-state index contributed by atoms with van der Waals surface area (Å²) >= 11 is 0. The molecule has 0 atom stereocenters. The molecule has 1 amide bonds. The van der Waals surface area contributed by atoms with Gasteiger partial charge in [-0.05, 0) is 57.0 Å². The average Bonchev–Trinajstić information content (AvgIpc) is 2.95. The first kappa shape index (κ1) is 22.9. The molecule has 150 valence electrons. The predicted octanol–water partition coefficient (Wildman–Crippen LogP) is 2.84. The maximum atomic E-state index is 12.7. The zero-order valence-electron chi connectivity index (χ0n) is 16.9. The number of carbonyl (C=O) groups is 1. The van der Waals surface area contributed by atoms with Crippen LogP contribution in [0.25, 0.3) is 5.69 Å². The maximum absolute atomic E-state index is 12.7. The molecule has 0 aliphatic heterocycles. The molecule has 0 saturated carbocycles. The summed E-state index contributed by atoms with van der Waals surface area (Å²) in [7, 11) is 1.76. The van der Waals surface area contributed by atoms with Crippen molar-refractivity contribution in [1.29, 1.82) is 0 Å². The highest BCUT2D eigenvalue weighted by Crippen LogP contribution is 2.20. The molecule has 2 rings (SSSR count). The highest BCUT2D eigenvalue weighted by atomic mass is 35.5. The number of amides is 1. The van der Waals surface area contributed by atoms with E-state index >= 15 is 0 Å². The lowest BCUT2D eigenvalue weighted by molar-refractivity contribution is 0.0734. The van der Waals surface area contributed by atoms with Crippen molar-refractivity contribution in [2.45, 2.75) is 40.7 Å². The van der Waals surface area contributed by atoms with Gasteiger partial charge in [-0.2, -0.15) is 0 Å². The Morgan fingerprint density at radius 3 is 2.41 bits per heavy atom. The Morgan fingerprint density at radius 1 is 1.30 bits per heavy atom. The van der Waals surface area contributed by atoms with Crippen LogP contribution in [-0.4, -0.2) is 52.0 Å². The molecule has 7 nitrogen and oxygen atoms in total. The second-order valence-corrected chi connectivity index (χ2v) is 7.63. The Bertz CT molecular complexity index is 756. The second-order valence-electron chi connectivity index (χ2n) is 7.63. The summed E-state index contributed by atoms with van der Waals surface area (Å²) in [5.74, 6) is 0.636. The van der Waals surface area contributed by atoms with Crippen molar-refractivity contribution in [3.05, 3.63) is 35.7 Å². The van der Waals surface area contributed by atoms with Gasteiger partial charge in [0.25, 0.3) is 5.91 Å². The molecule has 1 aromatic heterocycles. The lowest BCUT2D eigenvalue weighted by atomic mass is 9.93. The second kappa shape index (κ2) is 9.19. The van der Waals surface area contributed by atoms with Crippen molar-refractivity contribution in [3.8, 4) is 11.4 Å². The van der Waals surface area contributed by atoms with E-state index in [1.807, 2.05) is 58.9 Å². The van der Waals surface area contributed by atoms with Gasteiger partial charge in [0.15, 0.2) is 5.69 Å². The van der Waals surface area contributed by atoms with Gasteiger partial charge in [-0.3, -0.25) is 4.79 Å². The summed E-state index contributed by atoms with van der Waals surface area (Å²) in [6.07, 6.45) is 0.117. The zero-order valence-corrected chi connectivity index (χ0v) is 17.7. The Balaban J connectivity index is 0.00000364. The normalized spacial score (nSPS) is 11.3. The first-order valence-corrected chi connectivity index (χ1v) is 8.79. The number of nitrogens with two attached hydrogens (primary N) is 1. The molecule has 0 saturated heterocycles. The Morgan fingerprint density at radius 2 is 1.89 bits per heavy atom. The number of ether oxygens (including phenoxy) is 1. The number of aromatic nitrogens is 3. The molecule has 2 aromatic rings. The number of hydrogen-bond donors (Lipinski definition) is 1. The van der Waals surface area contributed by atoms with Gasteiger partial charge >= 0.3 is 0 Å². The molecule has 0 unspecified atom stereocenters. The number of rotatable bonds is 7. The van der Waals surface area contributed by atoms with Crippen LogP contribution in [0.3, 0.4) is 0 Å². The third kappa shape index (κ3) is 5.68. The predicted molar refractivity (Wildman–Crippen MR) is 109 cm³/mol. The van der Waals surface area contributed by atoms with Gasteiger partial charge in [-0.1, -0.05) is 19.1 Å². The lowest BCUT2D eigenvalue weighted by Gasteiger charge is -2.28. The van der Waals surface area contributed by atoms with Gasteiger partial charge in [0.1, 0.15) is 5.75 Å². The van der Waals surface area contributed by atoms with E-state index < -0.39 is 0 Å². The van der Waals surface area contributed by atoms with Crippen LogP contribution in [0.1, 0.15) is 43.9 Å². The van der Waals surface area contributed by atoms with Crippen molar-refractivity contribution in [2.75, 3.05) is 20.1 Å². The Kier molecular flexibility index (Phi) is 7.80. The van der Waals surface area contributed by atoms with E-state index in [-0.39, 0.29) is 29.8 Å². The van der Waals surface area contributed by atoms with Crippen LogP contribution in [0.15, 0.2) is 24.3 Å². The molecule has 0 aliphatic carbocycles. The Hall–Kier alpha value is -2.12. The first-order chi connectivity index (χ1) is 12.1. The molecular formula is C19H30ClN5O2. The van der Waals surface area contributed by atoms with Crippen molar-refractivity contribution in [1.82, 2.24) is 19.9 Å². The van der Waals surface area contributed by atoms with E-state index in [4.69, 9.17) is 10.5 Å². The molecule has 1 aromatic carbocycles. The van der Waals surface area contributed by atoms with E-state index in [0.29, 0.717) is 24.5 Å². The molecule has 27 heavy (non-hydrogen) atoms. The molecule has 0 spiro atoms. The smallest absolute Gasteiger partial charge is 0.276 e. The number of benzene rings is 1. The maximum Gasteiger partial charge on any atom is 0.276 e. The largest absolute Gasteiger partial charge is 0.491 e. The van der Waals surface area contributed by atoms with Crippen LogP contribution in [0.5, 0.6) is 5.75 Å². The zero-order chi connectivity index (χ0) is 19.5. The van der Waals surface area contributed by atoms with Crippen LogP contribution >= 0.6 is 12.4 Å². The summed E-state index contributed by atoms with van der Waals surface area (Å²) < 4.78 is 7.31. The lowest BCUT2D eigenvalue weighted by Crippen LogP contribution is -2.40. The number of halogens is 1. The molecule has 2 N–H and O–H groups in total. The average molecular weight is 396 g/mol. The van der Waals surface area contributed by atoms with Crippen molar-refractivity contribution >= 4 is 18.3 Å². The topological polar surface area (TPSA) is 86.3 Å². The molecule has 0 bridgehead atoms. The summed E-state index contributed by atoms with van der Waals surface area (Å²) in [6, 6.07) is 7.56. The molecule has 8 heteroatoms. The van der Waals surface area contributed by atoms with Gasteiger partial charge in [0.2, 0.25) is 0 Å². The monoisotopic (exact) mass is 395 g/mol. The molecule has 0 aliphatic rings. The number of hydrogen-bond acceptors (Lipinski definition) is 5. The molecular weight excluding hydrogens is 366 g/mol. The summed E-state index contributed by atoms with van der Waals surface area (Å²) in [5.41, 5.74) is 7.49. The van der Waals surface area contributed by atoms with Crippen LogP contribution in [0.2, 0.25) is 0 Å². The van der Waals surface area contributed by atoms with E-state index in [9.17, 15) is 4.79 Å². The van der Waals surface area contributed by atoms with E-state index in [2.05, 4.69) is 10.3 Å². The number of nitrogens with zero attached hydrogens (tertiary/aromatic N) is 4. The van der Waals surface area contributed by atoms with Gasteiger partial charge in [0, 0.05) is 13.6 Å². The highest BCUT2D eigenvalue weighted by Gasteiger charge is 2.25. The quantitative estimate of drug-likeness (QED) is 0.778.